The highest BCUT2D eigenvalue weighted by Crippen LogP contribution is 2.26. The van der Waals surface area contributed by atoms with Gasteiger partial charge >= 0.3 is 0 Å². The van der Waals surface area contributed by atoms with Gasteiger partial charge in [-0.25, -0.2) is 8.42 Å². The van der Waals surface area contributed by atoms with E-state index in [1.54, 1.807) is 17.8 Å². The van der Waals surface area contributed by atoms with Gasteiger partial charge in [0.2, 0.25) is 0 Å². The molecule has 0 unspecified atom stereocenters. The summed E-state index contributed by atoms with van der Waals surface area (Å²) in [5.74, 6) is -0.0578. The summed E-state index contributed by atoms with van der Waals surface area (Å²) >= 11 is 1.64. The van der Waals surface area contributed by atoms with E-state index in [1.165, 1.54) is 6.26 Å². The van der Waals surface area contributed by atoms with Crippen molar-refractivity contribution in [2.45, 2.75) is 30.4 Å². The van der Waals surface area contributed by atoms with Crippen LogP contribution in [0.4, 0.5) is 0 Å². The van der Waals surface area contributed by atoms with Crippen LogP contribution in [0, 0.1) is 0 Å². The van der Waals surface area contributed by atoms with Gasteiger partial charge in [-0.15, -0.1) is 11.8 Å². The molecule has 1 N–H and O–H groups in total. The predicted molar refractivity (Wildman–Crippen MR) is 84.1 cm³/mol. The van der Waals surface area contributed by atoms with Crippen molar-refractivity contribution >= 4 is 27.5 Å². The zero-order valence-electron chi connectivity index (χ0n) is 12.0. The third-order valence-electron chi connectivity index (χ3n) is 2.47. The molecule has 0 atom stereocenters. The van der Waals surface area contributed by atoms with Gasteiger partial charge in [0, 0.05) is 22.9 Å². The van der Waals surface area contributed by atoms with Crippen LogP contribution in [0.3, 0.4) is 0 Å². The Hall–Kier alpha value is -1.01. The smallest absolute Gasteiger partial charge is 0.252 e. The minimum Gasteiger partial charge on any atom is -0.352 e. The van der Waals surface area contributed by atoms with Crippen molar-refractivity contribution in [1.82, 2.24) is 5.32 Å². The van der Waals surface area contributed by atoms with E-state index >= 15 is 0 Å². The molecule has 0 saturated heterocycles. The van der Waals surface area contributed by atoms with E-state index in [1.807, 2.05) is 18.2 Å². The number of hydrogen-bond acceptors (Lipinski definition) is 4. The molecule has 0 fully saturated rings. The highest BCUT2D eigenvalue weighted by atomic mass is 32.2. The normalized spacial score (nSPS) is 11.6. The fourth-order valence-electron chi connectivity index (χ4n) is 1.64. The Kier molecular flexibility index (Phi) is 6.55. The number of benzene rings is 1. The Balaban J connectivity index is 2.59. The third-order valence-corrected chi connectivity index (χ3v) is 4.58. The van der Waals surface area contributed by atoms with Gasteiger partial charge in [-0.05, 0) is 18.6 Å². The molecule has 6 heteroatoms. The molecule has 0 bridgehead atoms. The summed E-state index contributed by atoms with van der Waals surface area (Å²) in [6.07, 6.45) is 1.63. The molecule has 0 heterocycles. The number of hydrogen-bond donors (Lipinski definition) is 1. The van der Waals surface area contributed by atoms with E-state index < -0.39 is 9.84 Å². The molecular weight excluding hydrogens is 294 g/mol. The number of amides is 1. The molecule has 1 aromatic carbocycles. The summed E-state index contributed by atoms with van der Waals surface area (Å²) in [4.78, 5) is 13.0. The first kappa shape index (κ1) is 17.0. The third kappa shape index (κ3) is 6.43. The van der Waals surface area contributed by atoms with E-state index in [0.29, 0.717) is 23.8 Å². The lowest BCUT2D eigenvalue weighted by atomic mass is 10.2. The topological polar surface area (TPSA) is 63.2 Å². The number of thioether (sulfide) groups is 1. The lowest BCUT2D eigenvalue weighted by molar-refractivity contribution is 0.0951. The van der Waals surface area contributed by atoms with Crippen LogP contribution in [0.5, 0.6) is 0 Å². The quantitative estimate of drug-likeness (QED) is 0.620. The van der Waals surface area contributed by atoms with Crippen molar-refractivity contribution in [3.8, 4) is 0 Å². The second-order valence-electron chi connectivity index (χ2n) is 4.90. The first-order valence-corrected chi connectivity index (χ1v) is 9.45. The maximum atomic E-state index is 12.1. The molecule has 0 spiro atoms. The van der Waals surface area contributed by atoms with E-state index in [-0.39, 0.29) is 11.7 Å². The Bertz CT molecular complexity index is 553. The van der Waals surface area contributed by atoms with Crippen molar-refractivity contribution in [1.29, 1.82) is 0 Å². The van der Waals surface area contributed by atoms with Crippen LogP contribution in [0.25, 0.3) is 0 Å². The Morgan fingerprint density at radius 3 is 2.55 bits per heavy atom. The van der Waals surface area contributed by atoms with E-state index in [0.717, 1.165) is 4.90 Å². The first-order chi connectivity index (χ1) is 9.29. The van der Waals surface area contributed by atoms with Crippen molar-refractivity contribution in [3.63, 3.8) is 0 Å². The molecule has 0 aliphatic carbocycles. The summed E-state index contributed by atoms with van der Waals surface area (Å²) in [5.41, 5.74) is 0.644. The molecule has 20 heavy (non-hydrogen) atoms. The van der Waals surface area contributed by atoms with Crippen molar-refractivity contribution in [2.24, 2.45) is 0 Å². The highest BCUT2D eigenvalue weighted by molar-refractivity contribution is 8.00. The largest absolute Gasteiger partial charge is 0.352 e. The minimum absolute atomic E-state index is 0.0929. The van der Waals surface area contributed by atoms with Gasteiger partial charge in [0.1, 0.15) is 9.84 Å². The van der Waals surface area contributed by atoms with Crippen LogP contribution < -0.4 is 5.32 Å². The molecule has 1 rings (SSSR count). The Morgan fingerprint density at radius 2 is 1.95 bits per heavy atom. The van der Waals surface area contributed by atoms with Crippen molar-refractivity contribution in [2.75, 3.05) is 18.6 Å². The summed E-state index contributed by atoms with van der Waals surface area (Å²) in [6.45, 7) is 4.52. The fourth-order valence-corrected chi connectivity index (χ4v) is 3.26. The van der Waals surface area contributed by atoms with Crippen LogP contribution >= 0.6 is 11.8 Å². The minimum atomic E-state index is -2.97. The van der Waals surface area contributed by atoms with Gasteiger partial charge in [-0.3, -0.25) is 4.79 Å². The Morgan fingerprint density at radius 1 is 1.30 bits per heavy atom. The van der Waals surface area contributed by atoms with Gasteiger partial charge in [0.25, 0.3) is 5.91 Å². The average molecular weight is 315 g/mol. The van der Waals surface area contributed by atoms with Gasteiger partial charge in [0.05, 0.1) is 11.3 Å². The monoisotopic (exact) mass is 315 g/mol. The Labute approximate surface area is 125 Å². The zero-order valence-corrected chi connectivity index (χ0v) is 13.7. The first-order valence-electron chi connectivity index (χ1n) is 6.51. The van der Waals surface area contributed by atoms with Gasteiger partial charge in [-0.2, -0.15) is 0 Å². The van der Waals surface area contributed by atoms with E-state index in [4.69, 9.17) is 0 Å². The van der Waals surface area contributed by atoms with Crippen LogP contribution in [0.15, 0.2) is 29.2 Å². The highest BCUT2D eigenvalue weighted by Gasteiger charge is 2.12. The van der Waals surface area contributed by atoms with Crippen LogP contribution in [-0.2, 0) is 9.84 Å². The number of sulfone groups is 1. The number of carbonyl (C=O) groups excluding carboxylic acids is 1. The lowest BCUT2D eigenvalue weighted by Gasteiger charge is -2.11. The lowest BCUT2D eigenvalue weighted by Crippen LogP contribution is -2.26. The molecule has 1 aromatic rings. The molecular formula is C14H21NO3S2. The number of carbonyl (C=O) groups is 1. The molecule has 0 aliphatic rings. The van der Waals surface area contributed by atoms with Crippen LogP contribution in [0.1, 0.15) is 30.6 Å². The van der Waals surface area contributed by atoms with Gasteiger partial charge < -0.3 is 5.32 Å². The SMILES string of the molecule is CC(C)Sc1ccccc1C(=O)NCCCS(C)(=O)=O. The summed E-state index contributed by atoms with van der Waals surface area (Å²) < 4.78 is 22.0. The van der Waals surface area contributed by atoms with Gasteiger partial charge in [-0.1, -0.05) is 26.0 Å². The standard InChI is InChI=1S/C14H21NO3S2/c1-11(2)19-13-8-5-4-7-12(13)14(16)15-9-6-10-20(3,17)18/h4-5,7-8,11H,6,9-10H2,1-3H3,(H,15,16). The molecule has 0 radical (unpaired) electrons. The molecule has 112 valence electrons. The number of nitrogens with one attached hydrogen (secondary N) is 1. The maximum absolute atomic E-state index is 12.1. The second kappa shape index (κ2) is 7.69. The second-order valence-corrected chi connectivity index (χ2v) is 8.78. The van der Waals surface area contributed by atoms with Crippen molar-refractivity contribution in [3.05, 3.63) is 29.8 Å². The summed E-state index contributed by atoms with van der Waals surface area (Å²) in [5, 5.41) is 3.17. The average Bonchev–Trinajstić information content (AvgIpc) is 2.33. The van der Waals surface area contributed by atoms with Crippen LogP contribution in [0.2, 0.25) is 0 Å². The molecule has 0 saturated carbocycles. The molecule has 4 nitrogen and oxygen atoms in total. The number of rotatable bonds is 7. The van der Waals surface area contributed by atoms with Crippen LogP contribution in [-0.4, -0.2) is 38.1 Å². The van der Waals surface area contributed by atoms with Crippen molar-refractivity contribution < 1.29 is 13.2 Å². The van der Waals surface area contributed by atoms with E-state index in [2.05, 4.69) is 19.2 Å². The summed E-state index contributed by atoms with van der Waals surface area (Å²) in [7, 11) is -2.97. The zero-order chi connectivity index (χ0) is 15.2. The fraction of sp³-hybridized carbons (Fsp3) is 0.500. The van der Waals surface area contributed by atoms with E-state index in [9.17, 15) is 13.2 Å². The summed E-state index contributed by atoms with van der Waals surface area (Å²) in [6, 6.07) is 7.45. The maximum Gasteiger partial charge on any atom is 0.252 e. The molecule has 0 aliphatic heterocycles. The van der Waals surface area contributed by atoms with Gasteiger partial charge in [0.15, 0.2) is 0 Å². The predicted octanol–water partition coefficient (Wildman–Crippen LogP) is 2.35. The molecule has 1 amide bonds. The molecule has 0 aromatic heterocycles.